The number of nitrogens with zero attached hydrogens (tertiary/aromatic N) is 1. The molecule has 1 heterocycles. The highest BCUT2D eigenvalue weighted by Crippen LogP contribution is 2.14. The monoisotopic (exact) mass is 249 g/mol. The van der Waals surface area contributed by atoms with E-state index < -0.39 is 28.8 Å². The van der Waals surface area contributed by atoms with Crippen LogP contribution in [0.4, 0.5) is 4.39 Å². The molecule has 1 aromatic carbocycles. The number of aromatic hydroxyl groups is 1. The van der Waals surface area contributed by atoms with E-state index in [1.165, 1.54) is 18.2 Å². The number of aromatic carboxylic acids is 1. The first-order chi connectivity index (χ1) is 8.49. The minimum absolute atomic E-state index is 0.0809. The third-order valence-electron chi connectivity index (χ3n) is 2.30. The normalized spacial score (nSPS) is 10.3. The Morgan fingerprint density at radius 2 is 1.94 bits per heavy atom. The predicted octanol–water partition coefficient (Wildman–Crippen LogP) is 1.38. The second-order valence-electron chi connectivity index (χ2n) is 3.56. The molecule has 2 N–H and O–H groups in total. The second-order valence-corrected chi connectivity index (χ2v) is 3.56. The maximum Gasteiger partial charge on any atom is 0.353 e. The number of hydrogen-bond acceptors (Lipinski definition) is 3. The van der Waals surface area contributed by atoms with Crippen LogP contribution in [0.25, 0.3) is 5.69 Å². The summed E-state index contributed by atoms with van der Waals surface area (Å²) in [7, 11) is 0. The third kappa shape index (κ3) is 2.08. The van der Waals surface area contributed by atoms with E-state index in [1.54, 1.807) is 0 Å². The standard InChI is InChI=1S/C12H8FNO4/c13-7-2-1-3-8(4-7)14-10(12(17)18)5-9(15)6-11(14)16/h1-6,15H,(H,17,18). The number of carboxylic acids is 1. The lowest BCUT2D eigenvalue weighted by atomic mass is 10.2. The summed E-state index contributed by atoms with van der Waals surface area (Å²) in [5.74, 6) is -2.44. The van der Waals surface area contributed by atoms with Gasteiger partial charge in [-0.2, -0.15) is 0 Å². The first kappa shape index (κ1) is 11.8. The Morgan fingerprint density at radius 3 is 2.56 bits per heavy atom. The van der Waals surface area contributed by atoms with Gasteiger partial charge in [0, 0.05) is 12.1 Å². The molecule has 2 aromatic rings. The Hall–Kier alpha value is -2.63. The molecule has 1 aromatic heterocycles. The second kappa shape index (κ2) is 4.33. The molecular formula is C12H8FNO4. The van der Waals surface area contributed by atoms with Gasteiger partial charge in [-0.15, -0.1) is 0 Å². The van der Waals surface area contributed by atoms with Crippen molar-refractivity contribution in [3.8, 4) is 11.4 Å². The van der Waals surface area contributed by atoms with Gasteiger partial charge in [-0.05, 0) is 18.2 Å². The molecule has 0 unspecified atom stereocenters. The third-order valence-corrected chi connectivity index (χ3v) is 2.30. The van der Waals surface area contributed by atoms with Gasteiger partial charge in [-0.3, -0.25) is 9.36 Å². The van der Waals surface area contributed by atoms with Gasteiger partial charge >= 0.3 is 5.97 Å². The van der Waals surface area contributed by atoms with E-state index in [-0.39, 0.29) is 5.69 Å². The van der Waals surface area contributed by atoms with Gasteiger partial charge in [0.15, 0.2) is 0 Å². The van der Waals surface area contributed by atoms with Crippen LogP contribution >= 0.6 is 0 Å². The average Bonchev–Trinajstić information content (AvgIpc) is 2.27. The number of benzene rings is 1. The highest BCUT2D eigenvalue weighted by atomic mass is 19.1. The smallest absolute Gasteiger partial charge is 0.353 e. The predicted molar refractivity (Wildman–Crippen MR) is 60.6 cm³/mol. The minimum atomic E-state index is -1.40. The molecule has 5 nitrogen and oxygen atoms in total. The number of carboxylic acid groups (broad SMARTS) is 1. The molecule has 0 aliphatic carbocycles. The molecule has 0 aliphatic rings. The minimum Gasteiger partial charge on any atom is -0.508 e. The van der Waals surface area contributed by atoms with E-state index in [0.29, 0.717) is 0 Å². The van der Waals surface area contributed by atoms with Crippen LogP contribution in [0.5, 0.6) is 5.75 Å². The molecule has 0 saturated heterocycles. The Balaban J connectivity index is 2.78. The Bertz CT molecular complexity index is 678. The Morgan fingerprint density at radius 1 is 1.22 bits per heavy atom. The fourth-order valence-electron chi connectivity index (χ4n) is 1.59. The first-order valence-electron chi connectivity index (χ1n) is 4.94. The molecule has 0 fully saturated rings. The summed E-state index contributed by atoms with van der Waals surface area (Å²) in [6.45, 7) is 0. The van der Waals surface area contributed by atoms with E-state index in [0.717, 1.165) is 22.8 Å². The van der Waals surface area contributed by atoms with E-state index >= 15 is 0 Å². The molecule has 0 aliphatic heterocycles. The largest absolute Gasteiger partial charge is 0.508 e. The van der Waals surface area contributed by atoms with Crippen LogP contribution in [0.15, 0.2) is 41.2 Å². The van der Waals surface area contributed by atoms with Crippen LogP contribution in [-0.2, 0) is 0 Å². The summed E-state index contributed by atoms with van der Waals surface area (Å²) in [6.07, 6.45) is 0. The van der Waals surface area contributed by atoms with Crippen LogP contribution < -0.4 is 5.56 Å². The lowest BCUT2D eigenvalue weighted by Gasteiger charge is -2.10. The van der Waals surface area contributed by atoms with Crippen molar-refractivity contribution in [2.24, 2.45) is 0 Å². The van der Waals surface area contributed by atoms with Crippen LogP contribution in [0.1, 0.15) is 10.5 Å². The van der Waals surface area contributed by atoms with Gasteiger partial charge in [0.25, 0.3) is 5.56 Å². The van der Waals surface area contributed by atoms with Crippen molar-refractivity contribution in [2.75, 3.05) is 0 Å². The SMILES string of the molecule is O=C(O)c1cc(O)cc(=O)n1-c1cccc(F)c1. The maximum atomic E-state index is 13.1. The lowest BCUT2D eigenvalue weighted by Crippen LogP contribution is -2.23. The molecule has 0 radical (unpaired) electrons. The summed E-state index contributed by atoms with van der Waals surface area (Å²) in [4.78, 5) is 22.7. The van der Waals surface area contributed by atoms with Crippen molar-refractivity contribution < 1.29 is 19.4 Å². The molecule has 0 spiro atoms. The zero-order valence-electron chi connectivity index (χ0n) is 9.00. The van der Waals surface area contributed by atoms with Crippen molar-refractivity contribution in [1.29, 1.82) is 0 Å². The van der Waals surface area contributed by atoms with E-state index in [4.69, 9.17) is 5.11 Å². The van der Waals surface area contributed by atoms with Gasteiger partial charge in [-0.1, -0.05) is 6.07 Å². The lowest BCUT2D eigenvalue weighted by molar-refractivity contribution is 0.0686. The van der Waals surface area contributed by atoms with Crippen LogP contribution in [0, 0.1) is 5.82 Å². The number of hydrogen-bond donors (Lipinski definition) is 2. The first-order valence-corrected chi connectivity index (χ1v) is 4.94. The van der Waals surface area contributed by atoms with Crippen LogP contribution in [-0.4, -0.2) is 20.7 Å². The molecule has 2 rings (SSSR count). The topological polar surface area (TPSA) is 79.5 Å². The van der Waals surface area contributed by atoms with Crippen molar-refractivity contribution in [1.82, 2.24) is 4.57 Å². The summed E-state index contributed by atoms with van der Waals surface area (Å²) < 4.78 is 13.9. The zero-order valence-corrected chi connectivity index (χ0v) is 9.00. The number of halogens is 1. The van der Waals surface area contributed by atoms with Gasteiger partial charge in [0.1, 0.15) is 17.3 Å². The van der Waals surface area contributed by atoms with Crippen LogP contribution in [0.2, 0.25) is 0 Å². The molecule has 0 amide bonds. The number of pyridine rings is 1. The summed E-state index contributed by atoms with van der Waals surface area (Å²) in [6, 6.07) is 6.75. The number of carbonyl (C=O) groups is 1. The number of aromatic nitrogens is 1. The summed E-state index contributed by atoms with van der Waals surface area (Å²) in [5.41, 5.74) is -1.11. The van der Waals surface area contributed by atoms with Gasteiger partial charge in [-0.25, -0.2) is 9.18 Å². The highest BCUT2D eigenvalue weighted by molar-refractivity contribution is 5.86. The van der Waals surface area contributed by atoms with Crippen molar-refractivity contribution in [3.05, 3.63) is 58.3 Å². The maximum absolute atomic E-state index is 13.1. The Kier molecular flexibility index (Phi) is 2.85. The molecule has 6 heteroatoms. The van der Waals surface area contributed by atoms with Gasteiger partial charge in [0.05, 0.1) is 5.69 Å². The molecule has 18 heavy (non-hydrogen) atoms. The molecule has 92 valence electrons. The average molecular weight is 249 g/mol. The highest BCUT2D eigenvalue weighted by Gasteiger charge is 2.14. The fraction of sp³-hybridized carbons (Fsp3) is 0. The molecule has 0 bridgehead atoms. The van der Waals surface area contributed by atoms with E-state index in [2.05, 4.69) is 0 Å². The van der Waals surface area contributed by atoms with E-state index in [1.807, 2.05) is 0 Å². The molecule has 0 saturated carbocycles. The van der Waals surface area contributed by atoms with Crippen molar-refractivity contribution in [2.45, 2.75) is 0 Å². The number of rotatable bonds is 2. The molecule has 0 atom stereocenters. The van der Waals surface area contributed by atoms with Crippen LogP contribution in [0.3, 0.4) is 0 Å². The Labute approximate surface area is 100 Å². The van der Waals surface area contributed by atoms with E-state index in [9.17, 15) is 19.1 Å². The van der Waals surface area contributed by atoms with Gasteiger partial charge in [0.2, 0.25) is 0 Å². The van der Waals surface area contributed by atoms with Crippen molar-refractivity contribution >= 4 is 5.97 Å². The quantitative estimate of drug-likeness (QED) is 0.842. The van der Waals surface area contributed by atoms with Gasteiger partial charge < -0.3 is 10.2 Å². The van der Waals surface area contributed by atoms with Crippen molar-refractivity contribution in [3.63, 3.8) is 0 Å². The fourth-order valence-corrected chi connectivity index (χ4v) is 1.59. The zero-order chi connectivity index (χ0) is 13.3. The summed E-state index contributed by atoms with van der Waals surface area (Å²) >= 11 is 0. The molecular weight excluding hydrogens is 241 g/mol. The summed E-state index contributed by atoms with van der Waals surface area (Å²) in [5, 5.41) is 18.2.